The summed E-state index contributed by atoms with van der Waals surface area (Å²) in [5.41, 5.74) is 5.82. The molecule has 3 nitrogen and oxygen atoms in total. The Morgan fingerprint density at radius 1 is 1.38 bits per heavy atom. The zero-order valence-corrected chi connectivity index (χ0v) is 10.5. The minimum Gasteiger partial charge on any atom is -0.323 e. The number of nitrogens with two attached hydrogens (primary N) is 1. The van der Waals surface area contributed by atoms with Crippen LogP contribution in [0.5, 0.6) is 0 Å². The second-order valence-corrected chi connectivity index (χ2v) is 4.48. The molecule has 0 saturated heterocycles. The molecule has 0 spiro atoms. The van der Waals surface area contributed by atoms with Gasteiger partial charge in [-0.1, -0.05) is 0 Å². The molecule has 0 fully saturated rings. The molecule has 0 amide bonds. The summed E-state index contributed by atoms with van der Waals surface area (Å²) in [6.07, 6.45) is 0. The molecule has 1 aromatic heterocycles. The molecule has 0 aliphatic rings. The highest BCUT2D eigenvalue weighted by Crippen LogP contribution is 2.30. The number of hydrogen-bond acceptors (Lipinski definition) is 3. The van der Waals surface area contributed by atoms with Crippen molar-refractivity contribution in [3.8, 4) is 0 Å². The van der Waals surface area contributed by atoms with Crippen molar-refractivity contribution >= 4 is 32.5 Å². The first-order valence-electron chi connectivity index (χ1n) is 4.77. The van der Waals surface area contributed by atoms with Crippen molar-refractivity contribution in [1.82, 2.24) is 4.98 Å². The average molecular weight is 284 g/mol. The predicted molar refractivity (Wildman–Crippen MR) is 66.7 cm³/mol. The summed E-state index contributed by atoms with van der Waals surface area (Å²) >= 11 is 3.15. The van der Waals surface area contributed by atoms with Crippen LogP contribution in [-0.2, 0) is 0 Å². The largest absolute Gasteiger partial charge is 0.323 e. The maximum absolute atomic E-state index is 13.4. The van der Waals surface area contributed by atoms with E-state index in [0.29, 0.717) is 9.99 Å². The van der Waals surface area contributed by atoms with Crippen LogP contribution in [0, 0.1) is 19.7 Å². The van der Waals surface area contributed by atoms with Gasteiger partial charge < -0.3 is 5.43 Å². The van der Waals surface area contributed by atoms with Gasteiger partial charge in [-0.3, -0.25) is 10.8 Å². The molecule has 0 saturated carbocycles. The average Bonchev–Trinajstić information content (AvgIpc) is 2.24. The van der Waals surface area contributed by atoms with E-state index < -0.39 is 0 Å². The second kappa shape index (κ2) is 3.99. The third-order valence-electron chi connectivity index (χ3n) is 2.66. The maximum atomic E-state index is 13.4. The van der Waals surface area contributed by atoms with Crippen molar-refractivity contribution in [3.05, 3.63) is 33.7 Å². The molecule has 1 aromatic carbocycles. The Morgan fingerprint density at radius 3 is 2.69 bits per heavy atom. The van der Waals surface area contributed by atoms with Gasteiger partial charge in [0, 0.05) is 17.1 Å². The van der Waals surface area contributed by atoms with Crippen molar-refractivity contribution in [3.63, 3.8) is 0 Å². The van der Waals surface area contributed by atoms with E-state index in [1.807, 2.05) is 13.8 Å². The Hall–Kier alpha value is -1.20. The Kier molecular flexibility index (Phi) is 2.82. The van der Waals surface area contributed by atoms with Gasteiger partial charge in [0.25, 0.3) is 0 Å². The van der Waals surface area contributed by atoms with E-state index in [0.717, 1.165) is 22.3 Å². The highest BCUT2D eigenvalue weighted by molar-refractivity contribution is 9.10. The van der Waals surface area contributed by atoms with E-state index in [1.165, 1.54) is 6.07 Å². The zero-order valence-electron chi connectivity index (χ0n) is 8.94. The van der Waals surface area contributed by atoms with Gasteiger partial charge in [0.05, 0.1) is 15.7 Å². The SMILES string of the molecule is Cc1nc2cc(F)c(Br)cc2c(NN)c1C. The molecule has 0 aliphatic heterocycles. The van der Waals surface area contributed by atoms with Crippen molar-refractivity contribution < 1.29 is 4.39 Å². The van der Waals surface area contributed by atoms with Crippen LogP contribution in [0.25, 0.3) is 10.9 Å². The molecule has 84 valence electrons. The number of halogens is 2. The number of nitrogens with zero attached hydrogens (tertiary/aromatic N) is 1. The summed E-state index contributed by atoms with van der Waals surface area (Å²) in [4.78, 5) is 4.33. The minimum atomic E-state index is -0.328. The van der Waals surface area contributed by atoms with Gasteiger partial charge in [0.2, 0.25) is 0 Å². The number of nitrogen functional groups attached to an aromatic ring is 1. The van der Waals surface area contributed by atoms with Crippen LogP contribution in [-0.4, -0.2) is 4.98 Å². The fraction of sp³-hybridized carbons (Fsp3) is 0.182. The first-order valence-corrected chi connectivity index (χ1v) is 5.56. The van der Waals surface area contributed by atoms with E-state index in [-0.39, 0.29) is 5.82 Å². The zero-order chi connectivity index (χ0) is 11.9. The second-order valence-electron chi connectivity index (χ2n) is 3.63. The summed E-state index contributed by atoms with van der Waals surface area (Å²) in [5, 5.41) is 0.805. The van der Waals surface area contributed by atoms with Gasteiger partial charge in [0.15, 0.2) is 0 Å². The normalized spacial score (nSPS) is 10.8. The highest BCUT2D eigenvalue weighted by atomic mass is 79.9. The summed E-state index contributed by atoms with van der Waals surface area (Å²) in [7, 11) is 0. The quantitative estimate of drug-likeness (QED) is 0.625. The predicted octanol–water partition coefficient (Wildman–Crippen LogP) is 3.04. The van der Waals surface area contributed by atoms with E-state index in [9.17, 15) is 4.39 Å². The number of fused-ring (bicyclic) bond motifs is 1. The van der Waals surface area contributed by atoms with Gasteiger partial charge in [-0.05, 0) is 41.4 Å². The van der Waals surface area contributed by atoms with Gasteiger partial charge >= 0.3 is 0 Å². The van der Waals surface area contributed by atoms with E-state index in [1.54, 1.807) is 6.07 Å². The first-order chi connectivity index (χ1) is 7.54. The molecular formula is C11H11BrFN3. The van der Waals surface area contributed by atoms with Crippen molar-refractivity contribution in [2.45, 2.75) is 13.8 Å². The van der Waals surface area contributed by atoms with Crippen LogP contribution in [0.3, 0.4) is 0 Å². The van der Waals surface area contributed by atoms with E-state index in [2.05, 4.69) is 26.3 Å². The molecule has 2 rings (SSSR count). The first kappa shape index (κ1) is 11.3. The van der Waals surface area contributed by atoms with Crippen LogP contribution in [0.4, 0.5) is 10.1 Å². The van der Waals surface area contributed by atoms with Crippen molar-refractivity contribution in [1.29, 1.82) is 0 Å². The lowest BCUT2D eigenvalue weighted by Crippen LogP contribution is -2.10. The lowest BCUT2D eigenvalue weighted by atomic mass is 10.1. The third-order valence-corrected chi connectivity index (χ3v) is 3.27. The number of aromatic nitrogens is 1. The van der Waals surface area contributed by atoms with Crippen molar-refractivity contribution in [2.75, 3.05) is 5.43 Å². The lowest BCUT2D eigenvalue weighted by Gasteiger charge is -2.12. The number of rotatable bonds is 1. The monoisotopic (exact) mass is 283 g/mol. The number of benzene rings is 1. The van der Waals surface area contributed by atoms with Crippen LogP contribution < -0.4 is 11.3 Å². The fourth-order valence-electron chi connectivity index (χ4n) is 1.66. The molecule has 0 bridgehead atoms. The molecule has 2 aromatic rings. The Labute approximate surface area is 101 Å². The van der Waals surface area contributed by atoms with Crippen LogP contribution >= 0.6 is 15.9 Å². The molecule has 0 atom stereocenters. The smallest absolute Gasteiger partial charge is 0.139 e. The lowest BCUT2D eigenvalue weighted by molar-refractivity contribution is 0.623. The topological polar surface area (TPSA) is 50.9 Å². The molecular weight excluding hydrogens is 273 g/mol. The number of anilines is 1. The summed E-state index contributed by atoms with van der Waals surface area (Å²) < 4.78 is 13.8. The minimum absolute atomic E-state index is 0.328. The van der Waals surface area contributed by atoms with E-state index >= 15 is 0 Å². The molecule has 0 aliphatic carbocycles. The molecule has 1 heterocycles. The van der Waals surface area contributed by atoms with Crippen LogP contribution in [0.1, 0.15) is 11.3 Å². The molecule has 16 heavy (non-hydrogen) atoms. The van der Waals surface area contributed by atoms with Gasteiger partial charge in [-0.15, -0.1) is 0 Å². The number of aryl methyl sites for hydroxylation is 1. The number of hydrogen-bond donors (Lipinski definition) is 2. The fourth-order valence-corrected chi connectivity index (χ4v) is 2.01. The Bertz CT molecular complexity index is 564. The van der Waals surface area contributed by atoms with Crippen molar-refractivity contribution in [2.24, 2.45) is 5.84 Å². The maximum Gasteiger partial charge on any atom is 0.139 e. The van der Waals surface area contributed by atoms with E-state index in [4.69, 9.17) is 5.84 Å². The Morgan fingerprint density at radius 2 is 2.06 bits per heavy atom. The summed E-state index contributed by atoms with van der Waals surface area (Å²) in [5.74, 6) is 5.16. The third kappa shape index (κ3) is 1.66. The van der Waals surface area contributed by atoms with Gasteiger partial charge in [-0.25, -0.2) is 4.39 Å². The molecule has 3 N–H and O–H groups in total. The standard InChI is InChI=1S/C11H11BrFN3/c1-5-6(2)15-10-4-9(13)8(12)3-7(10)11(5)16-14/h3-4H,14H2,1-2H3,(H,15,16). The van der Waals surface area contributed by atoms with Gasteiger partial charge in [0.1, 0.15) is 5.82 Å². The number of hydrazine groups is 1. The Balaban J connectivity index is 2.91. The summed E-state index contributed by atoms with van der Waals surface area (Å²) in [6, 6.07) is 3.08. The summed E-state index contributed by atoms with van der Waals surface area (Å²) in [6.45, 7) is 3.80. The molecule has 0 unspecified atom stereocenters. The van der Waals surface area contributed by atoms with Crippen LogP contribution in [0.2, 0.25) is 0 Å². The van der Waals surface area contributed by atoms with Gasteiger partial charge in [-0.2, -0.15) is 0 Å². The number of pyridine rings is 1. The number of nitrogens with one attached hydrogen (secondary N) is 1. The highest BCUT2D eigenvalue weighted by Gasteiger charge is 2.11. The molecule has 5 heteroatoms. The molecule has 0 radical (unpaired) electrons. The van der Waals surface area contributed by atoms with Crippen LogP contribution in [0.15, 0.2) is 16.6 Å².